The molecule has 0 amide bonds. The third-order valence-electron chi connectivity index (χ3n) is 3.79. The van der Waals surface area contributed by atoms with Crippen LogP contribution >= 0.6 is 0 Å². The summed E-state index contributed by atoms with van der Waals surface area (Å²) < 4.78 is 1.94. The maximum atomic E-state index is 6.26. The van der Waals surface area contributed by atoms with E-state index >= 15 is 0 Å². The van der Waals surface area contributed by atoms with Gasteiger partial charge in [-0.3, -0.25) is 0 Å². The van der Waals surface area contributed by atoms with E-state index in [9.17, 15) is 0 Å². The van der Waals surface area contributed by atoms with Crippen molar-refractivity contribution >= 4 is 5.82 Å². The standard InChI is InChI=1S/C15H19N3/c1-9-7-10(2)14(11(3)8-9)18-15(16)12-5-4-6-13(12)17-18/h7-8H,4-6,16H2,1-3H3. The van der Waals surface area contributed by atoms with E-state index in [2.05, 4.69) is 32.9 Å². The summed E-state index contributed by atoms with van der Waals surface area (Å²) in [6.07, 6.45) is 3.33. The van der Waals surface area contributed by atoms with Gasteiger partial charge in [0.25, 0.3) is 0 Å². The van der Waals surface area contributed by atoms with Gasteiger partial charge in [0.1, 0.15) is 5.82 Å². The van der Waals surface area contributed by atoms with E-state index in [1.807, 2.05) is 4.68 Å². The van der Waals surface area contributed by atoms with Gasteiger partial charge in [0.05, 0.1) is 11.4 Å². The predicted molar refractivity (Wildman–Crippen MR) is 74.2 cm³/mol. The fourth-order valence-corrected chi connectivity index (χ4v) is 3.09. The number of hydrogen-bond acceptors (Lipinski definition) is 2. The number of aryl methyl sites for hydroxylation is 4. The lowest BCUT2D eigenvalue weighted by Gasteiger charge is -2.13. The van der Waals surface area contributed by atoms with Gasteiger partial charge in [-0.05, 0) is 51.2 Å². The molecule has 0 saturated carbocycles. The molecule has 3 heteroatoms. The summed E-state index contributed by atoms with van der Waals surface area (Å²) in [5, 5.41) is 4.70. The van der Waals surface area contributed by atoms with Crippen LogP contribution in [-0.2, 0) is 12.8 Å². The Labute approximate surface area is 108 Å². The summed E-state index contributed by atoms with van der Waals surface area (Å²) >= 11 is 0. The highest BCUT2D eigenvalue weighted by Crippen LogP contribution is 2.31. The largest absolute Gasteiger partial charge is 0.383 e. The van der Waals surface area contributed by atoms with Crippen molar-refractivity contribution in [3.05, 3.63) is 40.1 Å². The Morgan fingerprint density at radius 2 is 1.78 bits per heavy atom. The summed E-state index contributed by atoms with van der Waals surface area (Å²) in [7, 11) is 0. The molecule has 0 spiro atoms. The van der Waals surface area contributed by atoms with Gasteiger partial charge in [0.2, 0.25) is 0 Å². The van der Waals surface area contributed by atoms with Crippen LogP contribution in [0.15, 0.2) is 12.1 Å². The number of rotatable bonds is 1. The van der Waals surface area contributed by atoms with Gasteiger partial charge in [-0.2, -0.15) is 5.10 Å². The van der Waals surface area contributed by atoms with Crippen LogP contribution in [0.1, 0.15) is 34.4 Å². The van der Waals surface area contributed by atoms with Crippen molar-refractivity contribution in [2.45, 2.75) is 40.0 Å². The van der Waals surface area contributed by atoms with Crippen molar-refractivity contribution < 1.29 is 0 Å². The number of hydrogen-bond donors (Lipinski definition) is 1. The molecule has 0 radical (unpaired) electrons. The lowest BCUT2D eigenvalue weighted by Crippen LogP contribution is -2.07. The van der Waals surface area contributed by atoms with Crippen molar-refractivity contribution in [3.63, 3.8) is 0 Å². The molecule has 0 atom stereocenters. The third kappa shape index (κ3) is 1.54. The number of benzene rings is 1. The van der Waals surface area contributed by atoms with Crippen LogP contribution in [0.5, 0.6) is 0 Å². The second-order valence-corrected chi connectivity index (χ2v) is 5.32. The van der Waals surface area contributed by atoms with E-state index in [0.29, 0.717) is 0 Å². The molecule has 2 N–H and O–H groups in total. The molecule has 0 aliphatic heterocycles. The Bertz CT molecular complexity index is 600. The zero-order valence-electron chi connectivity index (χ0n) is 11.2. The minimum absolute atomic E-state index is 0.831. The van der Waals surface area contributed by atoms with Crippen molar-refractivity contribution in [1.29, 1.82) is 0 Å². The van der Waals surface area contributed by atoms with Gasteiger partial charge in [0, 0.05) is 5.56 Å². The number of nitrogens with two attached hydrogens (primary N) is 1. The van der Waals surface area contributed by atoms with Gasteiger partial charge < -0.3 is 5.73 Å². The van der Waals surface area contributed by atoms with Crippen molar-refractivity contribution in [1.82, 2.24) is 9.78 Å². The SMILES string of the molecule is Cc1cc(C)c(-n2nc3c(c2N)CCC3)c(C)c1. The molecule has 1 heterocycles. The highest BCUT2D eigenvalue weighted by atomic mass is 15.3. The topological polar surface area (TPSA) is 43.8 Å². The minimum Gasteiger partial charge on any atom is -0.383 e. The Kier molecular flexibility index (Phi) is 2.44. The van der Waals surface area contributed by atoms with Crippen molar-refractivity contribution in [2.75, 3.05) is 5.73 Å². The quantitative estimate of drug-likeness (QED) is 0.834. The maximum absolute atomic E-state index is 6.26. The smallest absolute Gasteiger partial charge is 0.130 e. The molecule has 1 aromatic heterocycles. The van der Waals surface area contributed by atoms with Crippen LogP contribution in [0.2, 0.25) is 0 Å². The fraction of sp³-hybridized carbons (Fsp3) is 0.400. The summed E-state index contributed by atoms with van der Waals surface area (Å²) in [6, 6.07) is 4.38. The second-order valence-electron chi connectivity index (χ2n) is 5.32. The Morgan fingerprint density at radius 1 is 1.11 bits per heavy atom. The minimum atomic E-state index is 0.831. The molecule has 18 heavy (non-hydrogen) atoms. The molecule has 3 rings (SSSR count). The first-order chi connectivity index (χ1) is 8.58. The fourth-order valence-electron chi connectivity index (χ4n) is 3.09. The van der Waals surface area contributed by atoms with E-state index in [1.165, 1.54) is 34.4 Å². The van der Waals surface area contributed by atoms with E-state index in [4.69, 9.17) is 10.8 Å². The number of fused-ring (bicyclic) bond motifs is 1. The van der Waals surface area contributed by atoms with Gasteiger partial charge in [-0.15, -0.1) is 0 Å². The molecule has 1 aliphatic rings. The summed E-state index contributed by atoms with van der Waals surface area (Å²) in [4.78, 5) is 0. The number of aromatic nitrogens is 2. The molecule has 1 aliphatic carbocycles. The molecular formula is C15H19N3. The average molecular weight is 241 g/mol. The molecule has 0 fully saturated rings. The van der Waals surface area contributed by atoms with Gasteiger partial charge in [-0.25, -0.2) is 4.68 Å². The number of nitrogen functional groups attached to an aromatic ring is 1. The first-order valence-corrected chi connectivity index (χ1v) is 6.52. The third-order valence-corrected chi connectivity index (χ3v) is 3.79. The molecule has 0 unspecified atom stereocenters. The van der Waals surface area contributed by atoms with Gasteiger partial charge >= 0.3 is 0 Å². The van der Waals surface area contributed by atoms with Crippen molar-refractivity contribution in [2.24, 2.45) is 0 Å². The highest BCUT2D eigenvalue weighted by molar-refractivity contribution is 5.57. The lowest BCUT2D eigenvalue weighted by molar-refractivity contribution is 0.801. The second kappa shape index (κ2) is 3.87. The first-order valence-electron chi connectivity index (χ1n) is 6.52. The maximum Gasteiger partial charge on any atom is 0.130 e. The average Bonchev–Trinajstić information content (AvgIpc) is 2.82. The van der Waals surface area contributed by atoms with E-state index in [0.717, 1.165) is 24.3 Å². The normalized spacial score (nSPS) is 13.9. The molecule has 3 nitrogen and oxygen atoms in total. The molecule has 2 aromatic rings. The van der Waals surface area contributed by atoms with Crippen molar-refractivity contribution in [3.8, 4) is 5.69 Å². The zero-order valence-corrected chi connectivity index (χ0v) is 11.2. The Hall–Kier alpha value is -1.77. The van der Waals surface area contributed by atoms with Crippen LogP contribution in [0.3, 0.4) is 0 Å². The van der Waals surface area contributed by atoms with Crippen LogP contribution < -0.4 is 5.73 Å². The summed E-state index contributed by atoms with van der Waals surface area (Å²) in [5.74, 6) is 0.831. The Balaban J connectivity index is 2.22. The van der Waals surface area contributed by atoms with Crippen LogP contribution in [0, 0.1) is 20.8 Å². The highest BCUT2D eigenvalue weighted by Gasteiger charge is 2.22. The molecule has 94 valence electrons. The molecule has 1 aromatic carbocycles. The molecule has 0 bridgehead atoms. The van der Waals surface area contributed by atoms with Crippen LogP contribution in [0.4, 0.5) is 5.82 Å². The van der Waals surface area contributed by atoms with E-state index < -0.39 is 0 Å². The monoisotopic (exact) mass is 241 g/mol. The summed E-state index contributed by atoms with van der Waals surface area (Å²) in [6.45, 7) is 6.37. The molecule has 0 saturated heterocycles. The van der Waals surface area contributed by atoms with Crippen LogP contribution in [0.25, 0.3) is 5.69 Å². The molecular weight excluding hydrogens is 222 g/mol. The van der Waals surface area contributed by atoms with Gasteiger partial charge in [-0.1, -0.05) is 17.7 Å². The zero-order chi connectivity index (χ0) is 12.9. The van der Waals surface area contributed by atoms with Gasteiger partial charge in [0.15, 0.2) is 0 Å². The Morgan fingerprint density at radius 3 is 2.39 bits per heavy atom. The first kappa shape index (κ1) is 11.3. The predicted octanol–water partition coefficient (Wildman–Crippen LogP) is 2.87. The number of nitrogens with zero attached hydrogens (tertiary/aromatic N) is 2. The van der Waals surface area contributed by atoms with Crippen LogP contribution in [-0.4, -0.2) is 9.78 Å². The summed E-state index contributed by atoms with van der Waals surface area (Å²) in [5.41, 5.74) is 13.6. The lowest BCUT2D eigenvalue weighted by atomic mass is 10.1. The van der Waals surface area contributed by atoms with E-state index in [1.54, 1.807) is 0 Å². The number of anilines is 1. The van der Waals surface area contributed by atoms with E-state index in [-0.39, 0.29) is 0 Å².